The monoisotopic (exact) mass is 208 g/mol. The summed E-state index contributed by atoms with van der Waals surface area (Å²) in [5.41, 5.74) is 5.19. The summed E-state index contributed by atoms with van der Waals surface area (Å²) in [4.78, 5) is 5.26. The first kappa shape index (κ1) is 10.0. The largest absolute Gasteiger partial charge is 0.413 e. The fourth-order valence-corrected chi connectivity index (χ4v) is 1.62. The van der Waals surface area contributed by atoms with Crippen molar-refractivity contribution in [3.05, 3.63) is 23.7 Å². The van der Waals surface area contributed by atoms with Crippen molar-refractivity contribution in [2.75, 3.05) is 12.4 Å². The van der Waals surface area contributed by atoms with E-state index in [-0.39, 0.29) is 6.04 Å². The number of hydroxylamine groups is 1. The molecule has 0 aliphatic carbocycles. The molecule has 2 heterocycles. The average molecular weight is 208 g/mol. The number of anilines is 1. The van der Waals surface area contributed by atoms with Crippen molar-refractivity contribution in [2.45, 2.75) is 26.4 Å². The van der Waals surface area contributed by atoms with E-state index in [1.165, 1.54) is 5.57 Å². The van der Waals surface area contributed by atoms with Gasteiger partial charge in [-0.05, 0) is 13.8 Å². The van der Waals surface area contributed by atoms with Crippen LogP contribution in [0, 0.1) is 0 Å². The molecule has 1 aromatic rings. The van der Waals surface area contributed by atoms with Gasteiger partial charge in [0.1, 0.15) is 5.76 Å². The zero-order valence-electron chi connectivity index (χ0n) is 9.24. The van der Waals surface area contributed by atoms with Gasteiger partial charge < -0.3 is 10.2 Å². The number of nitrogens with zero attached hydrogens (tertiary/aromatic N) is 2. The summed E-state index contributed by atoms with van der Waals surface area (Å²) in [6.45, 7) is 4.81. The van der Waals surface area contributed by atoms with E-state index in [4.69, 9.17) is 4.84 Å². The lowest BCUT2D eigenvalue weighted by Gasteiger charge is -2.06. The minimum Gasteiger partial charge on any atom is -0.413 e. The quantitative estimate of drug-likeness (QED) is 0.781. The number of rotatable bonds is 3. The third-order valence-corrected chi connectivity index (χ3v) is 2.62. The van der Waals surface area contributed by atoms with Gasteiger partial charge in [0.25, 0.3) is 0 Å². The Morgan fingerprint density at radius 1 is 1.67 bits per heavy atom. The summed E-state index contributed by atoms with van der Waals surface area (Å²) < 4.78 is 1.90. The second-order valence-electron chi connectivity index (χ2n) is 3.70. The van der Waals surface area contributed by atoms with E-state index in [9.17, 15) is 0 Å². The van der Waals surface area contributed by atoms with Crippen LogP contribution in [0.2, 0.25) is 0 Å². The maximum absolute atomic E-state index is 5.26. The Morgan fingerprint density at radius 3 is 3.00 bits per heavy atom. The number of hydrogen-bond acceptors (Lipinski definition) is 4. The molecule has 0 spiro atoms. The third-order valence-electron chi connectivity index (χ3n) is 2.62. The molecule has 1 aromatic heterocycles. The molecule has 0 fully saturated rings. The van der Waals surface area contributed by atoms with Crippen LogP contribution >= 0.6 is 0 Å². The minimum absolute atomic E-state index is 0.257. The second kappa shape index (κ2) is 3.94. The minimum atomic E-state index is 0.257. The summed E-state index contributed by atoms with van der Waals surface area (Å²) in [6, 6.07) is 0.257. The Labute approximate surface area is 89.1 Å². The number of hydrogen-bond donors (Lipinski definition) is 2. The van der Waals surface area contributed by atoms with Crippen LogP contribution in [-0.4, -0.2) is 22.9 Å². The predicted octanol–water partition coefficient (Wildman–Crippen LogP) is 1.12. The maximum Gasteiger partial charge on any atom is 0.123 e. The summed E-state index contributed by atoms with van der Waals surface area (Å²) in [7, 11) is 1.88. The summed E-state index contributed by atoms with van der Waals surface area (Å²) >= 11 is 0. The van der Waals surface area contributed by atoms with Gasteiger partial charge in [0.05, 0.1) is 24.5 Å². The molecule has 2 N–H and O–H groups in total. The fraction of sp³-hybridized carbons (Fsp3) is 0.500. The van der Waals surface area contributed by atoms with Gasteiger partial charge in [-0.25, -0.2) is 0 Å². The highest BCUT2D eigenvalue weighted by atomic mass is 16.7. The zero-order chi connectivity index (χ0) is 10.8. The topological polar surface area (TPSA) is 51.1 Å². The van der Waals surface area contributed by atoms with E-state index >= 15 is 0 Å². The Bertz CT molecular complexity index is 383. The summed E-state index contributed by atoms with van der Waals surface area (Å²) in [5.74, 6) is 0.948. The van der Waals surface area contributed by atoms with E-state index in [0.29, 0.717) is 0 Å². The maximum atomic E-state index is 5.26. The highest BCUT2D eigenvalue weighted by molar-refractivity contribution is 5.37. The molecule has 0 aromatic carbocycles. The van der Waals surface area contributed by atoms with Gasteiger partial charge in [0.15, 0.2) is 0 Å². The molecule has 0 bridgehead atoms. The van der Waals surface area contributed by atoms with E-state index in [0.717, 1.165) is 18.0 Å². The first-order valence-corrected chi connectivity index (χ1v) is 5.03. The molecular weight excluding hydrogens is 192 g/mol. The Kier molecular flexibility index (Phi) is 2.64. The van der Waals surface area contributed by atoms with E-state index < -0.39 is 0 Å². The van der Waals surface area contributed by atoms with Crippen LogP contribution in [0.5, 0.6) is 0 Å². The van der Waals surface area contributed by atoms with Crippen molar-refractivity contribution < 1.29 is 4.84 Å². The van der Waals surface area contributed by atoms with E-state index in [1.54, 1.807) is 0 Å². The lowest BCUT2D eigenvalue weighted by Crippen LogP contribution is -2.21. The van der Waals surface area contributed by atoms with Crippen LogP contribution in [0.4, 0.5) is 5.69 Å². The molecule has 1 aliphatic rings. The van der Waals surface area contributed by atoms with E-state index in [1.807, 2.05) is 31.0 Å². The smallest absolute Gasteiger partial charge is 0.123 e. The Balaban J connectivity index is 2.11. The van der Waals surface area contributed by atoms with Crippen molar-refractivity contribution in [1.82, 2.24) is 15.3 Å². The van der Waals surface area contributed by atoms with Crippen molar-refractivity contribution in [2.24, 2.45) is 0 Å². The molecule has 0 amide bonds. The number of nitrogens with one attached hydrogen (secondary N) is 2. The molecule has 0 radical (unpaired) electrons. The molecule has 1 unspecified atom stereocenters. The van der Waals surface area contributed by atoms with Crippen LogP contribution in [0.3, 0.4) is 0 Å². The van der Waals surface area contributed by atoms with Crippen molar-refractivity contribution in [3.8, 4) is 0 Å². The molecule has 1 atom stereocenters. The molecule has 0 saturated heterocycles. The second-order valence-corrected chi connectivity index (χ2v) is 3.70. The first-order chi connectivity index (χ1) is 7.20. The van der Waals surface area contributed by atoms with Crippen LogP contribution in [0.25, 0.3) is 0 Å². The molecule has 5 heteroatoms. The van der Waals surface area contributed by atoms with Gasteiger partial charge >= 0.3 is 0 Å². The molecule has 2 rings (SSSR count). The predicted molar refractivity (Wildman–Crippen MR) is 58.2 cm³/mol. The highest BCUT2D eigenvalue weighted by Gasteiger charge is 2.20. The third kappa shape index (κ3) is 1.97. The lowest BCUT2D eigenvalue weighted by molar-refractivity contribution is 0.121. The molecular formula is C10H16N4O. The van der Waals surface area contributed by atoms with Gasteiger partial charge in [0.2, 0.25) is 0 Å². The Morgan fingerprint density at radius 2 is 2.47 bits per heavy atom. The van der Waals surface area contributed by atoms with Crippen LogP contribution in [-0.2, 0) is 11.4 Å². The average Bonchev–Trinajstić information content (AvgIpc) is 2.80. The summed E-state index contributed by atoms with van der Waals surface area (Å²) in [5, 5.41) is 7.30. The van der Waals surface area contributed by atoms with Crippen molar-refractivity contribution >= 4 is 5.69 Å². The van der Waals surface area contributed by atoms with Gasteiger partial charge in [-0.15, -0.1) is 0 Å². The van der Waals surface area contributed by atoms with Crippen LogP contribution < -0.4 is 10.8 Å². The van der Waals surface area contributed by atoms with E-state index in [2.05, 4.69) is 22.8 Å². The normalized spacial score (nSPS) is 20.6. The SMILES string of the molecule is CNc1cnn(CC2=C(C)ONC2C)c1. The zero-order valence-corrected chi connectivity index (χ0v) is 9.24. The molecule has 1 aliphatic heterocycles. The molecule has 0 saturated carbocycles. The first-order valence-electron chi connectivity index (χ1n) is 5.03. The Hall–Kier alpha value is -1.49. The standard InChI is InChI=1S/C10H16N4O/c1-7-10(8(2)15-13-7)6-14-5-9(11-3)4-12-14/h4-5,7,11,13H,6H2,1-3H3. The van der Waals surface area contributed by atoms with Crippen molar-refractivity contribution in [3.63, 3.8) is 0 Å². The van der Waals surface area contributed by atoms with Gasteiger partial charge in [-0.1, -0.05) is 0 Å². The van der Waals surface area contributed by atoms with Crippen LogP contribution in [0.15, 0.2) is 23.7 Å². The lowest BCUT2D eigenvalue weighted by atomic mass is 10.1. The van der Waals surface area contributed by atoms with Crippen LogP contribution in [0.1, 0.15) is 13.8 Å². The van der Waals surface area contributed by atoms with Gasteiger partial charge in [0, 0.05) is 18.8 Å². The van der Waals surface area contributed by atoms with Gasteiger partial charge in [-0.2, -0.15) is 10.6 Å². The fourth-order valence-electron chi connectivity index (χ4n) is 1.62. The number of aromatic nitrogens is 2. The summed E-state index contributed by atoms with van der Waals surface area (Å²) in [6.07, 6.45) is 3.79. The molecule has 15 heavy (non-hydrogen) atoms. The molecule has 5 nitrogen and oxygen atoms in total. The van der Waals surface area contributed by atoms with Gasteiger partial charge in [-0.3, -0.25) is 4.68 Å². The van der Waals surface area contributed by atoms with Crippen molar-refractivity contribution in [1.29, 1.82) is 0 Å². The number of allylic oxidation sites excluding steroid dienone is 1. The molecule has 82 valence electrons. The highest BCUT2D eigenvalue weighted by Crippen LogP contribution is 2.18.